The number of likely N-dealkylation sites (N-methyl/N-ethyl adjacent to an activating group) is 1. The number of rotatable bonds is 8. The molecule has 0 bridgehead atoms. The molecule has 0 spiro atoms. The van der Waals surface area contributed by atoms with Crippen molar-refractivity contribution in [3.63, 3.8) is 0 Å². The number of benzene rings is 3. The second-order valence-corrected chi connectivity index (χ2v) is 9.77. The lowest BCUT2D eigenvalue weighted by Gasteiger charge is -2.25. The minimum Gasteiger partial charge on any atom is -0.486 e. The smallest absolute Gasteiger partial charge is 0.262 e. The zero-order chi connectivity index (χ0) is 24.1. The molecule has 1 atom stereocenters. The molecule has 0 unspecified atom stereocenters. The third-order valence-corrected chi connectivity index (χ3v) is 6.87. The molecular formula is C25H27N3O5S. The Hall–Kier alpha value is -3.56. The molecule has 4 rings (SSSR count). The zero-order valence-corrected chi connectivity index (χ0v) is 19.8. The number of hydrogen-bond acceptors (Lipinski definition) is 6. The molecule has 1 aliphatic rings. The van der Waals surface area contributed by atoms with Crippen molar-refractivity contribution in [1.82, 2.24) is 10.2 Å². The second-order valence-electron chi connectivity index (χ2n) is 8.09. The first kappa shape index (κ1) is 23.6. The molecule has 3 aromatic rings. The Balaban J connectivity index is 1.40. The number of anilines is 1. The quantitative estimate of drug-likeness (QED) is 0.513. The molecule has 1 amide bonds. The third kappa shape index (κ3) is 5.49. The number of hydrogen-bond donors (Lipinski definition) is 2. The highest BCUT2D eigenvalue weighted by Gasteiger charge is 2.20. The molecule has 2 N–H and O–H groups in total. The van der Waals surface area contributed by atoms with E-state index in [4.69, 9.17) is 9.47 Å². The van der Waals surface area contributed by atoms with E-state index in [1.807, 2.05) is 49.3 Å². The fraction of sp³-hybridized carbons (Fsp3) is 0.240. The SMILES string of the molecule is CN(C)[C@@H](CNC(=O)c1ccc(NS(=O)(=O)c2ccc3c(c2)OCCO3)cc1)c1ccccc1. The predicted octanol–water partition coefficient (Wildman–Crippen LogP) is 3.29. The van der Waals surface area contributed by atoms with E-state index in [2.05, 4.69) is 10.0 Å². The van der Waals surface area contributed by atoms with Gasteiger partial charge in [-0.2, -0.15) is 0 Å². The van der Waals surface area contributed by atoms with Crippen molar-refractivity contribution >= 4 is 21.6 Å². The lowest BCUT2D eigenvalue weighted by atomic mass is 10.1. The van der Waals surface area contributed by atoms with Crippen LogP contribution >= 0.6 is 0 Å². The molecule has 8 nitrogen and oxygen atoms in total. The summed E-state index contributed by atoms with van der Waals surface area (Å²) < 4.78 is 39.0. The number of nitrogens with zero attached hydrogens (tertiary/aromatic N) is 1. The monoisotopic (exact) mass is 481 g/mol. The van der Waals surface area contributed by atoms with Crippen LogP contribution in [0.2, 0.25) is 0 Å². The summed E-state index contributed by atoms with van der Waals surface area (Å²) in [5.74, 6) is 0.682. The van der Waals surface area contributed by atoms with Gasteiger partial charge in [-0.15, -0.1) is 0 Å². The van der Waals surface area contributed by atoms with Crippen LogP contribution in [0.5, 0.6) is 11.5 Å². The average Bonchev–Trinajstić information content (AvgIpc) is 2.84. The Morgan fingerprint density at radius 1 is 0.941 bits per heavy atom. The molecule has 0 radical (unpaired) electrons. The molecule has 0 aromatic heterocycles. The Labute approximate surface area is 199 Å². The maximum absolute atomic E-state index is 12.8. The summed E-state index contributed by atoms with van der Waals surface area (Å²) in [5.41, 5.74) is 1.89. The number of sulfonamides is 1. The predicted molar refractivity (Wildman–Crippen MR) is 130 cm³/mol. The van der Waals surface area contributed by atoms with Gasteiger partial charge >= 0.3 is 0 Å². The molecule has 0 saturated heterocycles. The Bertz CT molecular complexity index is 1250. The van der Waals surface area contributed by atoms with Crippen molar-refractivity contribution in [3.05, 3.63) is 83.9 Å². The summed E-state index contributed by atoms with van der Waals surface area (Å²) in [7, 11) is 0.0963. The maximum Gasteiger partial charge on any atom is 0.262 e. The summed E-state index contributed by atoms with van der Waals surface area (Å²) in [5, 5.41) is 2.96. The number of amides is 1. The van der Waals surface area contributed by atoms with Gasteiger partial charge in [0, 0.05) is 23.9 Å². The largest absolute Gasteiger partial charge is 0.486 e. The highest BCUT2D eigenvalue weighted by molar-refractivity contribution is 7.92. The molecule has 1 heterocycles. The van der Waals surface area contributed by atoms with Crippen LogP contribution in [0.25, 0.3) is 0 Å². The van der Waals surface area contributed by atoms with E-state index in [1.165, 1.54) is 12.1 Å². The number of fused-ring (bicyclic) bond motifs is 1. The van der Waals surface area contributed by atoms with Crippen molar-refractivity contribution in [3.8, 4) is 11.5 Å². The van der Waals surface area contributed by atoms with Gasteiger partial charge in [-0.25, -0.2) is 8.42 Å². The average molecular weight is 482 g/mol. The van der Waals surface area contributed by atoms with Crippen molar-refractivity contribution in [1.29, 1.82) is 0 Å². The first-order valence-corrected chi connectivity index (χ1v) is 12.3. The minimum atomic E-state index is -3.83. The topological polar surface area (TPSA) is 97.0 Å². The number of ether oxygens (including phenoxy) is 2. The van der Waals surface area contributed by atoms with Crippen LogP contribution in [0.15, 0.2) is 77.7 Å². The van der Waals surface area contributed by atoms with E-state index in [1.54, 1.807) is 30.3 Å². The van der Waals surface area contributed by atoms with Gasteiger partial charge < -0.3 is 19.7 Å². The zero-order valence-electron chi connectivity index (χ0n) is 19.0. The van der Waals surface area contributed by atoms with Crippen molar-refractivity contribution in [2.45, 2.75) is 10.9 Å². The second kappa shape index (κ2) is 10.1. The van der Waals surface area contributed by atoms with E-state index >= 15 is 0 Å². The van der Waals surface area contributed by atoms with Gasteiger partial charge in [0.05, 0.1) is 10.9 Å². The summed E-state index contributed by atoms with van der Waals surface area (Å²) in [6, 6.07) is 20.8. The molecule has 0 saturated carbocycles. The van der Waals surface area contributed by atoms with Gasteiger partial charge in [0.2, 0.25) is 0 Å². The van der Waals surface area contributed by atoms with Crippen LogP contribution in [0, 0.1) is 0 Å². The molecular weight excluding hydrogens is 454 g/mol. The van der Waals surface area contributed by atoms with Crippen LogP contribution in [0.3, 0.4) is 0 Å². The summed E-state index contributed by atoms with van der Waals surface area (Å²) in [4.78, 5) is 14.8. The highest BCUT2D eigenvalue weighted by Crippen LogP contribution is 2.32. The van der Waals surface area contributed by atoms with Gasteiger partial charge in [-0.3, -0.25) is 9.52 Å². The lowest BCUT2D eigenvalue weighted by Crippen LogP contribution is -2.34. The molecule has 0 aliphatic carbocycles. The lowest BCUT2D eigenvalue weighted by molar-refractivity contribution is 0.0942. The Morgan fingerprint density at radius 3 is 2.29 bits per heavy atom. The fourth-order valence-electron chi connectivity index (χ4n) is 3.66. The van der Waals surface area contributed by atoms with Crippen molar-refractivity contribution < 1.29 is 22.7 Å². The fourth-order valence-corrected chi connectivity index (χ4v) is 4.73. The van der Waals surface area contributed by atoms with Gasteiger partial charge in [0.1, 0.15) is 13.2 Å². The van der Waals surface area contributed by atoms with Crippen molar-refractivity contribution in [2.75, 3.05) is 38.6 Å². The van der Waals surface area contributed by atoms with Gasteiger partial charge in [0.25, 0.3) is 15.9 Å². The van der Waals surface area contributed by atoms with E-state index in [9.17, 15) is 13.2 Å². The van der Waals surface area contributed by atoms with Crippen LogP contribution < -0.4 is 19.5 Å². The number of carbonyl (C=O) groups excluding carboxylic acids is 1. The number of carbonyl (C=O) groups is 1. The molecule has 3 aromatic carbocycles. The first-order chi connectivity index (χ1) is 16.3. The van der Waals surface area contributed by atoms with Crippen LogP contribution in [-0.2, 0) is 10.0 Å². The molecule has 178 valence electrons. The van der Waals surface area contributed by atoms with E-state index < -0.39 is 10.0 Å². The summed E-state index contributed by atoms with van der Waals surface area (Å²) >= 11 is 0. The molecule has 0 fully saturated rings. The van der Waals surface area contributed by atoms with E-state index in [0.29, 0.717) is 42.5 Å². The summed E-state index contributed by atoms with van der Waals surface area (Å²) in [6.07, 6.45) is 0. The van der Waals surface area contributed by atoms with Crippen LogP contribution in [0.4, 0.5) is 5.69 Å². The molecule has 34 heavy (non-hydrogen) atoms. The standard InChI is InChI=1S/C25H27N3O5S/c1-28(2)22(18-6-4-3-5-7-18)17-26-25(29)19-8-10-20(11-9-19)27-34(30,31)21-12-13-23-24(16-21)33-15-14-32-23/h3-13,16,22,27H,14-15,17H2,1-2H3,(H,26,29)/t22-/m0/s1. The normalized spacial score (nSPS) is 13.9. The number of nitrogens with one attached hydrogen (secondary N) is 2. The van der Waals surface area contributed by atoms with Gasteiger partial charge in [0.15, 0.2) is 11.5 Å². The van der Waals surface area contributed by atoms with Gasteiger partial charge in [-0.05, 0) is 56.1 Å². The highest BCUT2D eigenvalue weighted by atomic mass is 32.2. The Kier molecular flexibility index (Phi) is 7.04. The van der Waals surface area contributed by atoms with Gasteiger partial charge in [-0.1, -0.05) is 30.3 Å². The summed E-state index contributed by atoms with van der Waals surface area (Å²) in [6.45, 7) is 1.24. The molecule has 9 heteroatoms. The maximum atomic E-state index is 12.8. The minimum absolute atomic E-state index is 0.0298. The third-order valence-electron chi connectivity index (χ3n) is 5.49. The van der Waals surface area contributed by atoms with E-state index in [-0.39, 0.29) is 16.8 Å². The van der Waals surface area contributed by atoms with Crippen molar-refractivity contribution in [2.24, 2.45) is 0 Å². The van der Waals surface area contributed by atoms with E-state index in [0.717, 1.165) is 5.56 Å². The van der Waals surface area contributed by atoms with Crippen LogP contribution in [0.1, 0.15) is 22.0 Å². The molecule has 1 aliphatic heterocycles. The van der Waals surface area contributed by atoms with Crippen LogP contribution in [-0.4, -0.2) is 53.1 Å². The Morgan fingerprint density at radius 2 is 1.62 bits per heavy atom. The first-order valence-electron chi connectivity index (χ1n) is 10.9.